The summed E-state index contributed by atoms with van der Waals surface area (Å²) in [4.78, 5) is 10.7. The van der Waals surface area contributed by atoms with E-state index in [1.165, 1.54) is 18.2 Å². The van der Waals surface area contributed by atoms with Crippen molar-refractivity contribution in [3.63, 3.8) is 0 Å². The van der Waals surface area contributed by atoms with E-state index < -0.39 is 5.91 Å². The zero-order valence-corrected chi connectivity index (χ0v) is 7.70. The van der Waals surface area contributed by atoms with E-state index in [4.69, 9.17) is 10.8 Å². The van der Waals surface area contributed by atoms with Gasteiger partial charge < -0.3 is 10.8 Å². The van der Waals surface area contributed by atoms with Gasteiger partial charge in [0.2, 0.25) is 5.91 Å². The number of benzene rings is 1. The highest BCUT2D eigenvalue weighted by Gasteiger charge is 2.04. The van der Waals surface area contributed by atoms with Crippen molar-refractivity contribution in [3.05, 3.63) is 27.3 Å². The molecule has 1 rings (SSSR count). The van der Waals surface area contributed by atoms with Crippen molar-refractivity contribution in [2.45, 2.75) is 0 Å². The van der Waals surface area contributed by atoms with E-state index in [1.54, 1.807) is 0 Å². The summed E-state index contributed by atoms with van der Waals surface area (Å²) in [6.07, 6.45) is 0. The van der Waals surface area contributed by atoms with E-state index in [-0.39, 0.29) is 5.75 Å². The second kappa shape index (κ2) is 3.08. The molecule has 1 amide bonds. The van der Waals surface area contributed by atoms with Crippen molar-refractivity contribution >= 4 is 28.5 Å². The number of aromatic hydroxyl groups is 1. The lowest BCUT2D eigenvalue weighted by molar-refractivity contribution is 0.0999. The molecular formula is C7H6INO2. The van der Waals surface area contributed by atoms with Crippen LogP contribution in [0.3, 0.4) is 0 Å². The summed E-state index contributed by atoms with van der Waals surface area (Å²) in [5.41, 5.74) is 5.47. The molecule has 0 heterocycles. The molecule has 0 fully saturated rings. The SMILES string of the molecule is NC(=O)c1ccc(O)cc1I. The highest BCUT2D eigenvalue weighted by atomic mass is 127. The molecule has 0 atom stereocenters. The summed E-state index contributed by atoms with van der Waals surface area (Å²) >= 11 is 1.94. The second-order valence-corrected chi connectivity index (χ2v) is 3.19. The fourth-order valence-electron chi connectivity index (χ4n) is 0.704. The van der Waals surface area contributed by atoms with Gasteiger partial charge >= 0.3 is 0 Å². The molecule has 11 heavy (non-hydrogen) atoms. The maximum absolute atomic E-state index is 10.7. The molecule has 0 unspecified atom stereocenters. The van der Waals surface area contributed by atoms with E-state index in [0.717, 1.165) is 0 Å². The van der Waals surface area contributed by atoms with Gasteiger partial charge in [0.15, 0.2) is 0 Å². The molecule has 0 aromatic heterocycles. The van der Waals surface area contributed by atoms with Crippen LogP contribution in [0.25, 0.3) is 0 Å². The van der Waals surface area contributed by atoms with Crippen LogP contribution in [0.1, 0.15) is 10.4 Å². The molecule has 3 nitrogen and oxygen atoms in total. The van der Waals surface area contributed by atoms with Crippen molar-refractivity contribution in [2.24, 2.45) is 5.73 Å². The molecule has 0 aliphatic carbocycles. The molecule has 4 heteroatoms. The average molecular weight is 263 g/mol. The molecule has 0 radical (unpaired) electrons. The second-order valence-electron chi connectivity index (χ2n) is 2.03. The van der Waals surface area contributed by atoms with Gasteiger partial charge in [-0.05, 0) is 40.8 Å². The van der Waals surface area contributed by atoms with Gasteiger partial charge in [-0.1, -0.05) is 0 Å². The fraction of sp³-hybridized carbons (Fsp3) is 0. The van der Waals surface area contributed by atoms with Crippen LogP contribution >= 0.6 is 22.6 Å². The molecule has 0 aliphatic heterocycles. The number of amides is 1. The van der Waals surface area contributed by atoms with E-state index >= 15 is 0 Å². The highest BCUT2D eigenvalue weighted by Crippen LogP contribution is 2.17. The summed E-state index contributed by atoms with van der Waals surface area (Å²) in [5.74, 6) is -0.339. The number of hydrogen-bond donors (Lipinski definition) is 2. The van der Waals surface area contributed by atoms with E-state index in [1.807, 2.05) is 22.6 Å². The third kappa shape index (κ3) is 1.83. The van der Waals surface area contributed by atoms with Crippen molar-refractivity contribution in [1.29, 1.82) is 0 Å². The molecule has 3 N–H and O–H groups in total. The Kier molecular flexibility index (Phi) is 2.33. The number of rotatable bonds is 1. The number of carbonyl (C=O) groups excluding carboxylic acids is 1. The zero-order chi connectivity index (χ0) is 8.43. The van der Waals surface area contributed by atoms with Crippen LogP contribution in [0.2, 0.25) is 0 Å². The van der Waals surface area contributed by atoms with E-state index in [9.17, 15) is 4.79 Å². The summed E-state index contributed by atoms with van der Waals surface area (Å²) in [6.45, 7) is 0. The quantitative estimate of drug-likeness (QED) is 0.745. The van der Waals surface area contributed by atoms with Gasteiger partial charge in [-0.2, -0.15) is 0 Å². The van der Waals surface area contributed by atoms with Crippen molar-refractivity contribution in [1.82, 2.24) is 0 Å². The minimum absolute atomic E-state index is 0.138. The third-order valence-electron chi connectivity index (χ3n) is 1.22. The van der Waals surface area contributed by atoms with E-state index in [2.05, 4.69) is 0 Å². The van der Waals surface area contributed by atoms with Crippen molar-refractivity contribution in [3.8, 4) is 5.75 Å². The smallest absolute Gasteiger partial charge is 0.249 e. The van der Waals surface area contributed by atoms with Gasteiger partial charge in [-0.15, -0.1) is 0 Å². The molecular weight excluding hydrogens is 257 g/mol. The van der Waals surface area contributed by atoms with Crippen LogP contribution in [-0.4, -0.2) is 11.0 Å². The first kappa shape index (κ1) is 8.32. The molecule has 58 valence electrons. The van der Waals surface area contributed by atoms with Crippen LogP contribution in [0, 0.1) is 3.57 Å². The lowest BCUT2D eigenvalue weighted by Crippen LogP contribution is -2.12. The topological polar surface area (TPSA) is 63.3 Å². The predicted octanol–water partition coefficient (Wildman–Crippen LogP) is 1.10. The molecule has 0 saturated heterocycles. The minimum Gasteiger partial charge on any atom is -0.508 e. The number of halogens is 1. The van der Waals surface area contributed by atoms with Crippen molar-refractivity contribution < 1.29 is 9.90 Å². The standard InChI is InChI=1S/C7H6INO2/c8-6-3-4(10)1-2-5(6)7(9)11/h1-3,10H,(H2,9,11). The lowest BCUT2D eigenvalue weighted by atomic mass is 10.2. The van der Waals surface area contributed by atoms with Gasteiger partial charge in [-0.25, -0.2) is 0 Å². The molecule has 0 saturated carbocycles. The summed E-state index contributed by atoms with van der Waals surface area (Å²) < 4.78 is 0.662. The summed E-state index contributed by atoms with van der Waals surface area (Å²) in [7, 11) is 0. The van der Waals surface area contributed by atoms with Gasteiger partial charge in [0.25, 0.3) is 0 Å². The zero-order valence-electron chi connectivity index (χ0n) is 5.54. The molecule has 0 aliphatic rings. The Balaban J connectivity index is 3.20. The number of hydrogen-bond acceptors (Lipinski definition) is 2. The Morgan fingerprint density at radius 1 is 1.55 bits per heavy atom. The van der Waals surface area contributed by atoms with Crippen LogP contribution < -0.4 is 5.73 Å². The minimum atomic E-state index is -0.477. The fourth-order valence-corrected chi connectivity index (χ4v) is 1.47. The Morgan fingerprint density at radius 3 is 2.64 bits per heavy atom. The number of phenolic OH excluding ortho intramolecular Hbond substituents is 1. The Bertz CT molecular complexity index is 298. The molecule has 0 bridgehead atoms. The normalized spacial score (nSPS) is 9.55. The average Bonchev–Trinajstić information content (AvgIpc) is 1.85. The van der Waals surface area contributed by atoms with Crippen LogP contribution in [0.15, 0.2) is 18.2 Å². The monoisotopic (exact) mass is 263 g/mol. The highest BCUT2D eigenvalue weighted by molar-refractivity contribution is 14.1. The van der Waals surface area contributed by atoms with Gasteiger partial charge in [0.05, 0.1) is 5.56 Å². The molecule has 1 aromatic carbocycles. The summed E-state index contributed by atoms with van der Waals surface area (Å²) in [6, 6.07) is 4.42. The number of primary amides is 1. The van der Waals surface area contributed by atoms with Crippen LogP contribution in [0.4, 0.5) is 0 Å². The maximum atomic E-state index is 10.7. The number of phenols is 1. The summed E-state index contributed by atoms with van der Waals surface area (Å²) in [5, 5.41) is 8.96. The Morgan fingerprint density at radius 2 is 2.18 bits per heavy atom. The Hall–Kier alpha value is -0.780. The van der Waals surface area contributed by atoms with Crippen molar-refractivity contribution in [2.75, 3.05) is 0 Å². The molecule has 0 spiro atoms. The first-order valence-corrected chi connectivity index (χ1v) is 3.97. The van der Waals surface area contributed by atoms with E-state index in [0.29, 0.717) is 9.13 Å². The third-order valence-corrected chi connectivity index (χ3v) is 2.11. The lowest BCUT2D eigenvalue weighted by Gasteiger charge is -1.98. The van der Waals surface area contributed by atoms with Gasteiger partial charge in [0, 0.05) is 3.57 Å². The van der Waals surface area contributed by atoms with Crippen LogP contribution in [0.5, 0.6) is 5.75 Å². The van der Waals surface area contributed by atoms with Gasteiger partial charge in [-0.3, -0.25) is 4.79 Å². The number of carbonyl (C=O) groups is 1. The molecule has 1 aromatic rings. The maximum Gasteiger partial charge on any atom is 0.249 e. The first-order valence-electron chi connectivity index (χ1n) is 2.89. The largest absolute Gasteiger partial charge is 0.508 e. The first-order chi connectivity index (χ1) is 5.11. The van der Waals surface area contributed by atoms with Crippen LogP contribution in [-0.2, 0) is 0 Å². The van der Waals surface area contributed by atoms with Gasteiger partial charge in [0.1, 0.15) is 5.75 Å². The Labute approximate surface area is 77.4 Å². The predicted molar refractivity (Wildman–Crippen MR) is 49.3 cm³/mol. The number of nitrogens with two attached hydrogens (primary N) is 1.